The Hall–Kier alpha value is -3.14. The molecule has 4 nitrogen and oxygen atoms in total. The highest BCUT2D eigenvalue weighted by Gasteiger charge is 2.14. The molecule has 0 fully saturated rings. The molecule has 24 heavy (non-hydrogen) atoms. The van der Waals surface area contributed by atoms with E-state index >= 15 is 0 Å². The molecule has 3 aromatic rings. The van der Waals surface area contributed by atoms with Gasteiger partial charge in [0.1, 0.15) is 0 Å². The van der Waals surface area contributed by atoms with Crippen molar-refractivity contribution in [3.8, 4) is 0 Å². The lowest BCUT2D eigenvalue weighted by atomic mass is 10.1. The number of carbonyl (C=O) groups excluding carboxylic acids is 1. The topological polar surface area (TPSA) is 59.2 Å². The van der Waals surface area contributed by atoms with Crippen LogP contribution in [0.3, 0.4) is 0 Å². The zero-order chi connectivity index (χ0) is 16.9. The Labute approximate surface area is 141 Å². The van der Waals surface area contributed by atoms with Gasteiger partial charge in [0, 0.05) is 12.4 Å². The zero-order valence-electron chi connectivity index (χ0n) is 13.5. The van der Waals surface area contributed by atoms with Crippen molar-refractivity contribution in [3.63, 3.8) is 0 Å². The third kappa shape index (κ3) is 3.60. The highest BCUT2D eigenvalue weighted by Crippen LogP contribution is 2.26. The maximum Gasteiger partial charge on any atom is 0.323 e. The number of pyridine rings is 1. The number of nitrogens with two attached hydrogens (primary N) is 1. The van der Waals surface area contributed by atoms with Crippen LogP contribution in [0.25, 0.3) is 0 Å². The first-order valence-corrected chi connectivity index (χ1v) is 7.77. The van der Waals surface area contributed by atoms with Gasteiger partial charge in [-0.15, -0.1) is 0 Å². The molecule has 0 aliphatic rings. The van der Waals surface area contributed by atoms with Gasteiger partial charge in [-0.25, -0.2) is 4.79 Å². The summed E-state index contributed by atoms with van der Waals surface area (Å²) < 4.78 is 0. The average molecular weight is 317 g/mol. The summed E-state index contributed by atoms with van der Waals surface area (Å²) >= 11 is 0. The van der Waals surface area contributed by atoms with Crippen molar-refractivity contribution in [1.82, 2.24) is 4.98 Å². The number of anilines is 2. The van der Waals surface area contributed by atoms with Crippen molar-refractivity contribution >= 4 is 17.4 Å². The molecule has 2 N–H and O–H groups in total. The lowest BCUT2D eigenvalue weighted by molar-refractivity contribution is 0.256. The quantitative estimate of drug-likeness (QED) is 0.784. The van der Waals surface area contributed by atoms with Crippen LogP contribution in [0.2, 0.25) is 0 Å². The molecule has 2 amide bonds. The Bertz CT molecular complexity index is 812. The number of benzene rings is 2. The minimum absolute atomic E-state index is 0.499. The highest BCUT2D eigenvalue weighted by molar-refractivity contribution is 5.98. The molecule has 1 heterocycles. The van der Waals surface area contributed by atoms with Crippen LogP contribution >= 0.6 is 0 Å². The number of hydrogen-bond donors (Lipinski definition) is 1. The lowest BCUT2D eigenvalue weighted by Gasteiger charge is -2.21. The van der Waals surface area contributed by atoms with Crippen molar-refractivity contribution in [2.75, 3.05) is 4.90 Å². The summed E-state index contributed by atoms with van der Waals surface area (Å²) in [4.78, 5) is 17.4. The Balaban J connectivity index is 1.84. The maximum absolute atomic E-state index is 11.9. The minimum atomic E-state index is -0.499. The SMILES string of the molecule is Cc1ccc(N(C(N)=O)c2ccc(Cc3ccncc3)cc2)cc1. The molecule has 1 aromatic heterocycles. The molecule has 120 valence electrons. The Morgan fingerprint density at radius 3 is 1.92 bits per heavy atom. The smallest absolute Gasteiger partial charge is 0.323 e. The molecule has 0 aliphatic heterocycles. The molecule has 0 unspecified atom stereocenters. The molecule has 0 radical (unpaired) electrons. The normalized spacial score (nSPS) is 10.4. The van der Waals surface area contributed by atoms with E-state index in [0.717, 1.165) is 23.4 Å². The third-order valence-electron chi connectivity index (χ3n) is 3.86. The number of urea groups is 1. The second-order valence-corrected chi connectivity index (χ2v) is 5.71. The van der Waals surface area contributed by atoms with Crippen molar-refractivity contribution in [1.29, 1.82) is 0 Å². The zero-order valence-corrected chi connectivity index (χ0v) is 13.5. The van der Waals surface area contributed by atoms with Gasteiger partial charge >= 0.3 is 6.03 Å². The van der Waals surface area contributed by atoms with Crippen molar-refractivity contribution < 1.29 is 4.79 Å². The molecular formula is C20H19N3O. The predicted molar refractivity (Wildman–Crippen MR) is 96.4 cm³/mol. The van der Waals surface area contributed by atoms with Crippen LogP contribution in [-0.2, 0) is 6.42 Å². The first kappa shape index (κ1) is 15.7. The number of hydrogen-bond acceptors (Lipinski definition) is 2. The number of rotatable bonds is 4. The summed E-state index contributed by atoms with van der Waals surface area (Å²) in [5, 5.41) is 0. The fraction of sp³-hybridized carbons (Fsp3) is 0.100. The first-order chi connectivity index (χ1) is 11.6. The molecule has 0 spiro atoms. The number of aromatic nitrogens is 1. The van der Waals surface area contributed by atoms with Gasteiger partial charge in [-0.1, -0.05) is 29.8 Å². The molecule has 4 heteroatoms. The van der Waals surface area contributed by atoms with E-state index in [0.29, 0.717) is 0 Å². The molecule has 3 rings (SSSR count). The van der Waals surface area contributed by atoms with Gasteiger partial charge in [-0.3, -0.25) is 9.88 Å². The highest BCUT2D eigenvalue weighted by atomic mass is 16.2. The first-order valence-electron chi connectivity index (χ1n) is 7.77. The minimum Gasteiger partial charge on any atom is -0.351 e. The summed E-state index contributed by atoms with van der Waals surface area (Å²) in [5.74, 6) is 0. The molecule has 0 atom stereocenters. The van der Waals surface area contributed by atoms with Gasteiger partial charge < -0.3 is 5.73 Å². The number of nitrogens with zero attached hydrogens (tertiary/aromatic N) is 2. The lowest BCUT2D eigenvalue weighted by Crippen LogP contribution is -2.31. The van der Waals surface area contributed by atoms with Crippen LogP contribution < -0.4 is 10.6 Å². The Morgan fingerprint density at radius 2 is 1.38 bits per heavy atom. The van der Waals surface area contributed by atoms with E-state index in [1.165, 1.54) is 16.0 Å². The van der Waals surface area contributed by atoms with Crippen molar-refractivity contribution in [2.45, 2.75) is 13.3 Å². The van der Waals surface area contributed by atoms with Crippen LogP contribution in [0.4, 0.5) is 16.2 Å². The van der Waals surface area contributed by atoms with Gasteiger partial charge in [0.05, 0.1) is 11.4 Å². The Morgan fingerprint density at radius 1 is 0.875 bits per heavy atom. The van der Waals surface area contributed by atoms with Crippen molar-refractivity contribution in [3.05, 3.63) is 89.7 Å². The summed E-state index contributed by atoms with van der Waals surface area (Å²) in [7, 11) is 0. The monoisotopic (exact) mass is 317 g/mol. The summed E-state index contributed by atoms with van der Waals surface area (Å²) in [6.45, 7) is 2.01. The molecule has 0 saturated heterocycles. The summed E-state index contributed by atoms with van der Waals surface area (Å²) in [6.07, 6.45) is 4.40. The molecule has 2 aromatic carbocycles. The number of primary amides is 1. The fourth-order valence-electron chi connectivity index (χ4n) is 2.60. The second-order valence-electron chi connectivity index (χ2n) is 5.71. The predicted octanol–water partition coefficient (Wildman–Crippen LogP) is 4.20. The van der Waals surface area contributed by atoms with Gasteiger partial charge in [-0.05, 0) is 60.9 Å². The van der Waals surface area contributed by atoms with E-state index in [4.69, 9.17) is 5.73 Å². The number of aryl methyl sites for hydroxylation is 1. The van der Waals surface area contributed by atoms with Crippen LogP contribution in [0.15, 0.2) is 73.1 Å². The van der Waals surface area contributed by atoms with E-state index in [1.807, 2.05) is 67.6 Å². The molecule has 0 saturated carbocycles. The van der Waals surface area contributed by atoms with E-state index in [2.05, 4.69) is 4.98 Å². The molecule has 0 aliphatic carbocycles. The standard InChI is InChI=1S/C20H19N3O/c1-15-2-6-18(7-3-15)23(20(21)24)19-8-4-16(5-9-19)14-17-10-12-22-13-11-17/h2-13H,14H2,1H3,(H2,21,24). The summed E-state index contributed by atoms with van der Waals surface area (Å²) in [5.41, 5.74) is 10.6. The van der Waals surface area contributed by atoms with E-state index in [-0.39, 0.29) is 0 Å². The average Bonchev–Trinajstić information content (AvgIpc) is 2.59. The van der Waals surface area contributed by atoms with Crippen LogP contribution in [0.5, 0.6) is 0 Å². The molecular weight excluding hydrogens is 298 g/mol. The molecule has 0 bridgehead atoms. The fourth-order valence-corrected chi connectivity index (χ4v) is 2.60. The van der Waals surface area contributed by atoms with Gasteiger partial charge in [0.2, 0.25) is 0 Å². The van der Waals surface area contributed by atoms with Gasteiger partial charge in [0.15, 0.2) is 0 Å². The third-order valence-corrected chi connectivity index (χ3v) is 3.86. The van der Waals surface area contributed by atoms with Gasteiger partial charge in [0.25, 0.3) is 0 Å². The van der Waals surface area contributed by atoms with Crippen LogP contribution in [0, 0.1) is 6.92 Å². The Kier molecular flexibility index (Phi) is 4.57. The van der Waals surface area contributed by atoms with Crippen LogP contribution in [-0.4, -0.2) is 11.0 Å². The van der Waals surface area contributed by atoms with Crippen molar-refractivity contribution in [2.24, 2.45) is 5.73 Å². The number of carbonyl (C=O) groups is 1. The second kappa shape index (κ2) is 6.96. The van der Waals surface area contributed by atoms with Gasteiger partial charge in [-0.2, -0.15) is 0 Å². The largest absolute Gasteiger partial charge is 0.351 e. The van der Waals surface area contributed by atoms with E-state index in [9.17, 15) is 4.79 Å². The maximum atomic E-state index is 11.9. The number of amides is 2. The summed E-state index contributed by atoms with van der Waals surface area (Å²) in [6, 6.07) is 19.1. The van der Waals surface area contributed by atoms with E-state index < -0.39 is 6.03 Å². The van der Waals surface area contributed by atoms with E-state index in [1.54, 1.807) is 12.4 Å². The van der Waals surface area contributed by atoms with Crippen LogP contribution in [0.1, 0.15) is 16.7 Å².